The minimum Gasteiger partial charge on any atom is -0.330 e. The van der Waals surface area contributed by atoms with E-state index in [9.17, 15) is 0 Å². The summed E-state index contributed by atoms with van der Waals surface area (Å²) in [5, 5.41) is 0. The predicted molar refractivity (Wildman–Crippen MR) is 78.6 cm³/mol. The molecule has 106 valence electrons. The van der Waals surface area contributed by atoms with Gasteiger partial charge < -0.3 is 10.6 Å². The maximum atomic E-state index is 6.13. The van der Waals surface area contributed by atoms with E-state index in [4.69, 9.17) is 5.73 Å². The van der Waals surface area contributed by atoms with E-state index in [1.807, 2.05) is 0 Å². The minimum atomic E-state index is 0.422. The summed E-state index contributed by atoms with van der Waals surface area (Å²) >= 11 is 0. The first-order valence-electron chi connectivity index (χ1n) is 8.02. The van der Waals surface area contributed by atoms with Gasteiger partial charge in [-0.1, -0.05) is 32.6 Å². The van der Waals surface area contributed by atoms with Gasteiger partial charge in [-0.3, -0.25) is 0 Å². The van der Waals surface area contributed by atoms with E-state index in [-0.39, 0.29) is 0 Å². The molecule has 0 aromatic heterocycles. The quantitative estimate of drug-likeness (QED) is 0.814. The van der Waals surface area contributed by atoms with E-state index < -0.39 is 0 Å². The summed E-state index contributed by atoms with van der Waals surface area (Å²) in [4.78, 5) is 2.58. The summed E-state index contributed by atoms with van der Waals surface area (Å²) < 4.78 is 0. The first kappa shape index (κ1) is 14.3. The SMILES string of the molecule is CC1CCCC(CN)(CN(C)CC2CCCC2)C1. The molecule has 2 saturated carbocycles. The van der Waals surface area contributed by atoms with E-state index in [1.165, 1.54) is 64.5 Å². The Morgan fingerprint density at radius 3 is 2.50 bits per heavy atom. The summed E-state index contributed by atoms with van der Waals surface area (Å²) in [5.74, 6) is 1.84. The molecule has 0 bridgehead atoms. The Bertz CT molecular complexity index is 247. The molecule has 0 spiro atoms. The molecule has 2 aliphatic rings. The van der Waals surface area contributed by atoms with Crippen LogP contribution in [0.1, 0.15) is 58.3 Å². The molecule has 2 rings (SSSR count). The highest BCUT2D eigenvalue weighted by molar-refractivity contribution is 4.89. The van der Waals surface area contributed by atoms with Gasteiger partial charge in [0, 0.05) is 13.1 Å². The second-order valence-electron chi connectivity index (χ2n) is 7.25. The van der Waals surface area contributed by atoms with E-state index in [2.05, 4.69) is 18.9 Å². The van der Waals surface area contributed by atoms with Crippen LogP contribution in [-0.2, 0) is 0 Å². The van der Waals surface area contributed by atoms with Crippen molar-refractivity contribution in [3.8, 4) is 0 Å². The Balaban J connectivity index is 1.84. The number of nitrogens with zero attached hydrogens (tertiary/aromatic N) is 1. The smallest absolute Gasteiger partial charge is 0.00472 e. The molecule has 0 saturated heterocycles. The lowest BCUT2D eigenvalue weighted by Crippen LogP contribution is -2.45. The molecule has 2 atom stereocenters. The number of hydrogen-bond donors (Lipinski definition) is 1. The van der Waals surface area contributed by atoms with Gasteiger partial charge in [0.2, 0.25) is 0 Å². The standard InChI is InChI=1S/C16H32N2/c1-14-6-5-9-16(10-14,12-17)13-18(2)11-15-7-3-4-8-15/h14-15H,3-13,17H2,1-2H3. The number of rotatable bonds is 5. The molecule has 2 N–H and O–H groups in total. The van der Waals surface area contributed by atoms with Gasteiger partial charge in [0.25, 0.3) is 0 Å². The monoisotopic (exact) mass is 252 g/mol. The van der Waals surface area contributed by atoms with Crippen molar-refractivity contribution in [2.75, 3.05) is 26.7 Å². The second-order valence-corrected chi connectivity index (χ2v) is 7.25. The first-order chi connectivity index (χ1) is 8.63. The van der Waals surface area contributed by atoms with Gasteiger partial charge in [0.05, 0.1) is 0 Å². The van der Waals surface area contributed by atoms with Crippen LogP contribution in [0, 0.1) is 17.3 Å². The highest BCUT2D eigenvalue weighted by Crippen LogP contribution is 2.39. The lowest BCUT2D eigenvalue weighted by Gasteiger charge is -2.42. The van der Waals surface area contributed by atoms with Gasteiger partial charge in [-0.2, -0.15) is 0 Å². The largest absolute Gasteiger partial charge is 0.330 e. The van der Waals surface area contributed by atoms with Crippen molar-refractivity contribution in [1.29, 1.82) is 0 Å². The summed E-state index contributed by atoms with van der Waals surface area (Å²) in [5.41, 5.74) is 6.55. The molecule has 2 fully saturated rings. The molecule has 0 heterocycles. The molecule has 0 aromatic carbocycles. The van der Waals surface area contributed by atoms with Gasteiger partial charge >= 0.3 is 0 Å². The van der Waals surface area contributed by atoms with E-state index in [1.54, 1.807) is 0 Å². The lowest BCUT2D eigenvalue weighted by molar-refractivity contribution is 0.0938. The third-order valence-corrected chi connectivity index (χ3v) is 5.27. The van der Waals surface area contributed by atoms with Gasteiger partial charge in [-0.05, 0) is 56.5 Å². The molecule has 0 radical (unpaired) electrons. The van der Waals surface area contributed by atoms with Crippen LogP contribution in [0.4, 0.5) is 0 Å². The van der Waals surface area contributed by atoms with Gasteiger partial charge in [0.1, 0.15) is 0 Å². The molecule has 2 unspecified atom stereocenters. The van der Waals surface area contributed by atoms with Gasteiger partial charge in [-0.15, -0.1) is 0 Å². The zero-order valence-electron chi connectivity index (χ0n) is 12.5. The summed E-state index contributed by atoms with van der Waals surface area (Å²) in [6.45, 7) is 5.81. The van der Waals surface area contributed by atoms with Crippen molar-refractivity contribution in [1.82, 2.24) is 4.90 Å². The maximum Gasteiger partial charge on any atom is 0.00472 e. The molecule has 0 aromatic rings. The van der Waals surface area contributed by atoms with Crippen LogP contribution in [0.15, 0.2) is 0 Å². The van der Waals surface area contributed by atoms with Crippen LogP contribution in [-0.4, -0.2) is 31.6 Å². The van der Waals surface area contributed by atoms with Gasteiger partial charge in [-0.25, -0.2) is 0 Å². The minimum absolute atomic E-state index is 0.422. The van der Waals surface area contributed by atoms with Crippen LogP contribution in [0.25, 0.3) is 0 Å². The number of hydrogen-bond acceptors (Lipinski definition) is 2. The topological polar surface area (TPSA) is 29.3 Å². The number of nitrogens with two attached hydrogens (primary N) is 1. The van der Waals surface area contributed by atoms with E-state index in [0.717, 1.165) is 18.4 Å². The highest BCUT2D eigenvalue weighted by atomic mass is 15.1. The van der Waals surface area contributed by atoms with Crippen LogP contribution >= 0.6 is 0 Å². The lowest BCUT2D eigenvalue weighted by atomic mass is 9.69. The normalized spacial score (nSPS) is 34.3. The Kier molecular flexibility index (Phi) is 5.08. The molecule has 2 heteroatoms. The molecule has 2 aliphatic carbocycles. The van der Waals surface area contributed by atoms with E-state index >= 15 is 0 Å². The maximum absolute atomic E-state index is 6.13. The third kappa shape index (κ3) is 3.71. The van der Waals surface area contributed by atoms with Crippen molar-refractivity contribution in [3.63, 3.8) is 0 Å². The average Bonchev–Trinajstić information content (AvgIpc) is 2.81. The van der Waals surface area contributed by atoms with Crippen LogP contribution in [0.5, 0.6) is 0 Å². The Hall–Kier alpha value is -0.0800. The zero-order valence-corrected chi connectivity index (χ0v) is 12.5. The molecular formula is C16H32N2. The Morgan fingerprint density at radius 2 is 1.89 bits per heavy atom. The first-order valence-corrected chi connectivity index (χ1v) is 8.02. The van der Waals surface area contributed by atoms with Crippen LogP contribution in [0.2, 0.25) is 0 Å². The fourth-order valence-electron chi connectivity index (χ4n) is 4.43. The summed E-state index contributed by atoms with van der Waals surface area (Å²) in [6.07, 6.45) is 11.3. The van der Waals surface area contributed by atoms with Crippen LogP contribution in [0.3, 0.4) is 0 Å². The molecule has 0 aliphatic heterocycles. The molecule has 0 amide bonds. The van der Waals surface area contributed by atoms with Crippen LogP contribution < -0.4 is 5.73 Å². The van der Waals surface area contributed by atoms with Crippen molar-refractivity contribution in [3.05, 3.63) is 0 Å². The van der Waals surface area contributed by atoms with Crippen molar-refractivity contribution in [2.24, 2.45) is 23.0 Å². The average molecular weight is 252 g/mol. The van der Waals surface area contributed by atoms with Gasteiger partial charge in [0.15, 0.2) is 0 Å². The summed E-state index contributed by atoms with van der Waals surface area (Å²) in [6, 6.07) is 0. The zero-order chi connectivity index (χ0) is 13.0. The predicted octanol–water partition coefficient (Wildman–Crippen LogP) is 3.26. The fraction of sp³-hybridized carbons (Fsp3) is 1.00. The van der Waals surface area contributed by atoms with Crippen molar-refractivity contribution in [2.45, 2.75) is 58.3 Å². The molecule has 18 heavy (non-hydrogen) atoms. The van der Waals surface area contributed by atoms with Crippen molar-refractivity contribution >= 4 is 0 Å². The third-order valence-electron chi connectivity index (χ3n) is 5.27. The van der Waals surface area contributed by atoms with E-state index in [0.29, 0.717) is 5.41 Å². The molecular weight excluding hydrogens is 220 g/mol. The van der Waals surface area contributed by atoms with Crippen molar-refractivity contribution < 1.29 is 0 Å². The second kappa shape index (κ2) is 6.38. The Morgan fingerprint density at radius 1 is 1.17 bits per heavy atom. The molecule has 2 nitrogen and oxygen atoms in total. The summed E-state index contributed by atoms with van der Waals surface area (Å²) in [7, 11) is 2.31. The Labute approximate surface area is 113 Å². The highest BCUT2D eigenvalue weighted by Gasteiger charge is 2.35. The fourth-order valence-corrected chi connectivity index (χ4v) is 4.43.